The fraction of sp³-hybridized carbons (Fsp3) is 0.0172. The third-order valence-corrected chi connectivity index (χ3v) is 26.4. The number of para-hydroxylation sites is 2. The molecular formula is C116H70N4. The van der Waals surface area contributed by atoms with Crippen LogP contribution in [0.3, 0.4) is 0 Å². The summed E-state index contributed by atoms with van der Waals surface area (Å²) in [5, 5.41) is 14.3. The molecule has 20 aromatic carbocycles. The zero-order valence-electron chi connectivity index (χ0n) is 65.2. The van der Waals surface area contributed by atoms with Crippen LogP contribution in [-0.2, 0) is 10.8 Å². The number of hydrogen-bond donors (Lipinski definition) is 0. The van der Waals surface area contributed by atoms with Gasteiger partial charge in [-0.25, -0.2) is 19.9 Å². The molecule has 2 spiro atoms. The molecule has 2 aromatic heterocycles. The zero-order chi connectivity index (χ0) is 78.7. The molecule has 4 nitrogen and oxygen atoms in total. The van der Waals surface area contributed by atoms with E-state index < -0.39 is 10.8 Å². The van der Waals surface area contributed by atoms with Crippen molar-refractivity contribution in [3.8, 4) is 123 Å². The summed E-state index contributed by atoms with van der Waals surface area (Å²) in [6, 6.07) is 155. The maximum absolute atomic E-state index is 5.73. The van der Waals surface area contributed by atoms with Gasteiger partial charge >= 0.3 is 0 Å². The lowest BCUT2D eigenvalue weighted by atomic mass is 9.70. The van der Waals surface area contributed by atoms with Crippen LogP contribution in [0, 0.1) is 0 Å². The molecule has 0 amide bonds. The van der Waals surface area contributed by atoms with Gasteiger partial charge in [-0.05, 0) is 194 Å². The molecule has 0 radical (unpaired) electrons. The Bertz CT molecular complexity index is 7910. The minimum Gasteiger partial charge on any atom is -0.228 e. The van der Waals surface area contributed by atoms with E-state index in [-0.39, 0.29) is 0 Å². The minimum atomic E-state index is -0.445. The maximum Gasteiger partial charge on any atom is 0.161 e. The summed E-state index contributed by atoms with van der Waals surface area (Å²) in [5.74, 6) is 1.46. The smallest absolute Gasteiger partial charge is 0.161 e. The van der Waals surface area contributed by atoms with Gasteiger partial charge in [0.2, 0.25) is 0 Å². The highest BCUT2D eigenvalue weighted by Crippen LogP contribution is 2.66. The average Bonchev–Trinajstić information content (AvgIpc) is 1.51. The Morgan fingerprint density at radius 3 is 0.867 bits per heavy atom. The molecule has 554 valence electrons. The van der Waals surface area contributed by atoms with E-state index in [1.165, 1.54) is 176 Å². The van der Waals surface area contributed by atoms with Gasteiger partial charge in [0.15, 0.2) is 11.6 Å². The molecule has 0 saturated heterocycles. The van der Waals surface area contributed by atoms with Crippen LogP contribution < -0.4 is 0 Å². The number of rotatable bonds is 7. The predicted molar refractivity (Wildman–Crippen MR) is 497 cm³/mol. The second-order valence-electron chi connectivity index (χ2n) is 32.2. The van der Waals surface area contributed by atoms with Crippen molar-refractivity contribution in [2.45, 2.75) is 10.8 Å². The van der Waals surface area contributed by atoms with Gasteiger partial charge in [-0.15, -0.1) is 0 Å². The monoisotopic (exact) mass is 1520 g/mol. The first-order valence-corrected chi connectivity index (χ1v) is 41.5. The summed E-state index contributed by atoms with van der Waals surface area (Å²) in [6.45, 7) is 0. The van der Waals surface area contributed by atoms with Gasteiger partial charge in [0.1, 0.15) is 0 Å². The molecule has 4 aliphatic carbocycles. The Kier molecular flexibility index (Phi) is 14.9. The third-order valence-electron chi connectivity index (χ3n) is 26.4. The van der Waals surface area contributed by atoms with Gasteiger partial charge in [0.25, 0.3) is 0 Å². The van der Waals surface area contributed by atoms with Crippen LogP contribution in [0.2, 0.25) is 0 Å². The highest BCUT2D eigenvalue weighted by Gasteiger charge is 2.54. The van der Waals surface area contributed by atoms with E-state index in [4.69, 9.17) is 19.9 Å². The number of fused-ring (bicyclic) bond motifs is 27. The van der Waals surface area contributed by atoms with Crippen LogP contribution in [0.5, 0.6) is 0 Å². The Balaban J connectivity index is 0.000000133. The molecule has 22 aromatic rings. The van der Waals surface area contributed by atoms with E-state index >= 15 is 0 Å². The highest BCUT2D eigenvalue weighted by atomic mass is 14.9. The van der Waals surface area contributed by atoms with E-state index in [1.807, 2.05) is 0 Å². The molecule has 0 atom stereocenters. The quantitative estimate of drug-likeness (QED) is 0.149. The number of hydrogen-bond acceptors (Lipinski definition) is 4. The predicted octanol–water partition coefficient (Wildman–Crippen LogP) is 29.4. The fourth-order valence-corrected chi connectivity index (χ4v) is 21.7. The second-order valence-corrected chi connectivity index (χ2v) is 32.2. The van der Waals surface area contributed by atoms with E-state index in [0.717, 1.165) is 67.1 Å². The summed E-state index contributed by atoms with van der Waals surface area (Å²) in [7, 11) is 0. The normalized spacial score (nSPS) is 13.1. The lowest BCUT2D eigenvalue weighted by Gasteiger charge is -2.30. The maximum atomic E-state index is 5.73. The van der Waals surface area contributed by atoms with Crippen LogP contribution in [0.15, 0.2) is 425 Å². The molecule has 0 aliphatic heterocycles. The van der Waals surface area contributed by atoms with Crippen molar-refractivity contribution in [3.05, 3.63) is 469 Å². The van der Waals surface area contributed by atoms with Crippen LogP contribution >= 0.6 is 0 Å². The van der Waals surface area contributed by atoms with E-state index in [9.17, 15) is 0 Å². The summed E-state index contributed by atoms with van der Waals surface area (Å²) < 4.78 is 0. The van der Waals surface area contributed by atoms with Gasteiger partial charge in [-0.1, -0.05) is 406 Å². The van der Waals surface area contributed by atoms with Crippen molar-refractivity contribution in [3.63, 3.8) is 0 Å². The van der Waals surface area contributed by atoms with Gasteiger partial charge in [-0.3, -0.25) is 0 Å². The van der Waals surface area contributed by atoms with Crippen LogP contribution in [0.1, 0.15) is 44.5 Å². The van der Waals surface area contributed by atoms with Crippen LogP contribution in [-0.4, -0.2) is 19.9 Å². The van der Waals surface area contributed by atoms with Crippen LogP contribution in [0.4, 0.5) is 0 Å². The molecule has 0 saturated carbocycles. The average molecular weight is 1520 g/mol. The molecule has 2 heterocycles. The molecule has 4 aliphatic rings. The Labute approximate surface area is 694 Å². The molecule has 0 bridgehead atoms. The van der Waals surface area contributed by atoms with Crippen LogP contribution in [0.25, 0.3) is 199 Å². The summed E-state index contributed by atoms with van der Waals surface area (Å²) in [4.78, 5) is 22.0. The molecule has 0 fully saturated rings. The molecule has 26 rings (SSSR count). The number of benzene rings is 20. The van der Waals surface area contributed by atoms with Crippen molar-refractivity contribution >= 4 is 75.7 Å². The largest absolute Gasteiger partial charge is 0.228 e. The van der Waals surface area contributed by atoms with Crippen molar-refractivity contribution in [1.29, 1.82) is 0 Å². The molecular weight excluding hydrogens is 1450 g/mol. The van der Waals surface area contributed by atoms with Crippen molar-refractivity contribution in [1.82, 2.24) is 19.9 Å². The van der Waals surface area contributed by atoms with E-state index in [1.54, 1.807) is 0 Å². The molecule has 0 N–H and O–H groups in total. The van der Waals surface area contributed by atoms with Gasteiger partial charge in [0.05, 0.1) is 33.3 Å². The SMILES string of the molecule is c1ccc(-c2c3ccccc3c(-c3ccc(-c4nc(-c5cccc6c5-c5ccccc5C65c6ccccc6-c6ccccc65)nc5ccccc45)cc3)c3ccccc23)cc1.c1ccc2c(c1)-c1ccccc1C21c2ccccc2-c2c(-c3nc(-c4c5ccccc5c(-c5ccc6ccccc6c5)c5ccccc45)c4ccccc4n3)cccc21. The van der Waals surface area contributed by atoms with Gasteiger partial charge < -0.3 is 0 Å². The van der Waals surface area contributed by atoms with Crippen molar-refractivity contribution < 1.29 is 0 Å². The Morgan fingerprint density at radius 1 is 0.150 bits per heavy atom. The first-order valence-electron chi connectivity index (χ1n) is 41.5. The lowest BCUT2D eigenvalue weighted by molar-refractivity contribution is 0.794. The first-order chi connectivity index (χ1) is 59.6. The first kappa shape index (κ1) is 67.7. The lowest BCUT2D eigenvalue weighted by Crippen LogP contribution is -2.25. The summed E-state index contributed by atoms with van der Waals surface area (Å²) in [6.07, 6.45) is 0. The zero-order valence-corrected chi connectivity index (χ0v) is 65.2. The van der Waals surface area contributed by atoms with E-state index in [0.29, 0.717) is 0 Å². The van der Waals surface area contributed by atoms with Crippen molar-refractivity contribution in [2.75, 3.05) is 0 Å². The third kappa shape index (κ3) is 9.64. The highest BCUT2D eigenvalue weighted by molar-refractivity contribution is 6.24. The summed E-state index contributed by atoms with van der Waals surface area (Å²) >= 11 is 0. The van der Waals surface area contributed by atoms with Crippen molar-refractivity contribution in [2.24, 2.45) is 0 Å². The minimum absolute atomic E-state index is 0.432. The molecule has 120 heavy (non-hydrogen) atoms. The standard InChI is InChI=1S/C59H36N2.C57H34N2/c1-2-17-37(18-3-1)54-42-21-4-6-23-44(42)55(45-24-7-5-22-43(45)54)38-33-35-39(36-34-38)57-47-26-11-15-32-53(47)60-58(61-57)48-27-16-31-52-56(48)46-25-10-14-30-51(46)59(52)49-28-12-8-19-40(49)41-20-9-13-29-50(41)59;1-2-17-36-34-37(33-32-35(36)16-1)52-40-20-3-5-22-42(40)54(43-23-6-4-21-41(43)52)55-45-25-10-14-31-51(45)58-56(59-55)46-26-15-30-50-53(46)44-24-9-13-29-49(44)57(50)47-27-11-7-18-38(47)39-19-8-12-28-48(39)57/h1-36H;1-34H. The topological polar surface area (TPSA) is 51.6 Å². The van der Waals surface area contributed by atoms with Gasteiger partial charge in [0, 0.05) is 33.0 Å². The summed E-state index contributed by atoms with van der Waals surface area (Å²) in [5.41, 5.74) is 35.0. The van der Waals surface area contributed by atoms with Gasteiger partial charge in [-0.2, -0.15) is 0 Å². The molecule has 0 unspecified atom stereocenters. The number of aromatic nitrogens is 4. The Hall–Kier alpha value is -15.6. The van der Waals surface area contributed by atoms with E-state index in [2.05, 4.69) is 425 Å². The second kappa shape index (κ2) is 26.5. The fourth-order valence-electron chi connectivity index (χ4n) is 21.7. The Morgan fingerprint density at radius 2 is 0.433 bits per heavy atom. The number of nitrogens with zero attached hydrogens (tertiary/aromatic N) is 4. The molecule has 4 heteroatoms.